The van der Waals surface area contributed by atoms with Crippen LogP contribution in [0.3, 0.4) is 0 Å². The van der Waals surface area contributed by atoms with Gasteiger partial charge in [0.2, 0.25) is 0 Å². The van der Waals surface area contributed by atoms with Gasteiger partial charge >= 0.3 is 5.97 Å². The molecule has 0 unspecified atom stereocenters. The third kappa shape index (κ3) is 4.49. The molecule has 0 atom stereocenters. The largest absolute Gasteiger partial charge is 0.468 e. The number of esters is 1. The van der Waals surface area contributed by atoms with Crippen LogP contribution in [0.1, 0.15) is 30.0 Å². The minimum absolute atomic E-state index is 0.174. The number of nitrogens with zero attached hydrogens (tertiary/aromatic N) is 1. The van der Waals surface area contributed by atoms with Gasteiger partial charge in [-0.1, -0.05) is 25.1 Å². The molecule has 0 heterocycles. The molecule has 0 saturated heterocycles. The van der Waals surface area contributed by atoms with Gasteiger partial charge in [0.25, 0.3) is 0 Å². The van der Waals surface area contributed by atoms with Crippen LogP contribution in [-0.4, -0.2) is 31.1 Å². The topological polar surface area (TPSA) is 29.5 Å². The molecule has 1 rings (SSSR count). The Labute approximate surface area is 110 Å². The summed E-state index contributed by atoms with van der Waals surface area (Å²) in [6.45, 7) is 8.40. The lowest BCUT2D eigenvalue weighted by Crippen LogP contribution is -2.30. The number of methoxy groups -OCH3 is 1. The molecular weight excluding hydrogens is 226 g/mol. The van der Waals surface area contributed by atoms with Gasteiger partial charge in [0.05, 0.1) is 13.7 Å². The lowest BCUT2D eigenvalue weighted by atomic mass is 10.1. The summed E-state index contributed by atoms with van der Waals surface area (Å²) in [5.74, 6) is -0.174. The Balaban J connectivity index is 2.69. The van der Waals surface area contributed by atoms with Gasteiger partial charge in [-0.05, 0) is 43.5 Å². The molecule has 0 spiro atoms. The first-order valence-electron chi connectivity index (χ1n) is 6.42. The summed E-state index contributed by atoms with van der Waals surface area (Å²) < 4.78 is 4.73. The predicted octanol–water partition coefficient (Wildman–Crippen LogP) is 2.69. The summed E-state index contributed by atoms with van der Waals surface area (Å²) in [7, 11) is 1.43. The Hall–Kier alpha value is -1.35. The van der Waals surface area contributed by atoms with E-state index >= 15 is 0 Å². The Morgan fingerprint density at radius 2 is 2.00 bits per heavy atom. The molecule has 0 saturated carbocycles. The summed E-state index contributed by atoms with van der Waals surface area (Å²) >= 11 is 0. The fourth-order valence-corrected chi connectivity index (χ4v) is 1.94. The van der Waals surface area contributed by atoms with Crippen molar-refractivity contribution in [2.24, 2.45) is 0 Å². The molecule has 0 fully saturated rings. The molecule has 0 aromatic heterocycles. The average Bonchev–Trinajstić information content (AvgIpc) is 2.34. The Morgan fingerprint density at radius 3 is 2.56 bits per heavy atom. The Kier molecular flexibility index (Phi) is 5.86. The lowest BCUT2D eigenvalue weighted by Gasteiger charge is -2.20. The van der Waals surface area contributed by atoms with Gasteiger partial charge in [0, 0.05) is 6.54 Å². The zero-order valence-electron chi connectivity index (χ0n) is 11.8. The maximum atomic E-state index is 11.3. The molecule has 1 aromatic rings. The number of carbonyl (C=O) groups excluding carboxylic acids is 1. The van der Waals surface area contributed by atoms with E-state index in [9.17, 15) is 4.79 Å². The normalized spacial score (nSPS) is 10.7. The van der Waals surface area contributed by atoms with E-state index in [1.807, 2.05) is 0 Å². The zero-order valence-corrected chi connectivity index (χ0v) is 11.8. The fourth-order valence-electron chi connectivity index (χ4n) is 1.94. The lowest BCUT2D eigenvalue weighted by molar-refractivity contribution is -0.142. The second kappa shape index (κ2) is 7.17. The summed E-state index contributed by atoms with van der Waals surface area (Å²) in [5, 5.41) is 0. The van der Waals surface area contributed by atoms with Crippen molar-refractivity contribution < 1.29 is 9.53 Å². The van der Waals surface area contributed by atoms with Gasteiger partial charge in [-0.2, -0.15) is 0 Å². The van der Waals surface area contributed by atoms with Crippen LogP contribution in [0, 0.1) is 13.8 Å². The second-order valence-corrected chi connectivity index (χ2v) is 4.71. The molecule has 18 heavy (non-hydrogen) atoms. The summed E-state index contributed by atoms with van der Waals surface area (Å²) in [4.78, 5) is 13.5. The van der Waals surface area contributed by atoms with Gasteiger partial charge in [0.1, 0.15) is 0 Å². The SMILES string of the molecule is CCCN(CC(=O)OC)Cc1ccc(C)c(C)c1. The monoisotopic (exact) mass is 249 g/mol. The first kappa shape index (κ1) is 14.7. The Morgan fingerprint density at radius 1 is 1.28 bits per heavy atom. The van der Waals surface area contributed by atoms with Gasteiger partial charge < -0.3 is 4.74 Å². The smallest absolute Gasteiger partial charge is 0.319 e. The van der Waals surface area contributed by atoms with E-state index in [2.05, 4.69) is 43.9 Å². The quantitative estimate of drug-likeness (QED) is 0.726. The number of benzene rings is 1. The molecule has 0 amide bonds. The summed E-state index contributed by atoms with van der Waals surface area (Å²) in [6, 6.07) is 6.45. The zero-order chi connectivity index (χ0) is 13.5. The van der Waals surface area contributed by atoms with Crippen LogP contribution < -0.4 is 0 Å². The van der Waals surface area contributed by atoms with Crippen LogP contribution in [0.15, 0.2) is 18.2 Å². The van der Waals surface area contributed by atoms with E-state index in [0.29, 0.717) is 6.54 Å². The van der Waals surface area contributed by atoms with E-state index in [-0.39, 0.29) is 5.97 Å². The van der Waals surface area contributed by atoms with Crippen molar-refractivity contribution in [1.82, 2.24) is 4.90 Å². The number of carbonyl (C=O) groups is 1. The van der Waals surface area contributed by atoms with E-state index in [0.717, 1.165) is 19.5 Å². The van der Waals surface area contributed by atoms with Gasteiger partial charge in [0.15, 0.2) is 0 Å². The Bertz CT molecular complexity index is 401. The third-order valence-electron chi connectivity index (χ3n) is 3.10. The third-order valence-corrected chi connectivity index (χ3v) is 3.10. The van der Waals surface area contributed by atoms with Crippen LogP contribution in [0.2, 0.25) is 0 Å². The molecule has 3 heteroatoms. The molecule has 1 aromatic carbocycles. The number of rotatable bonds is 6. The highest BCUT2D eigenvalue weighted by Crippen LogP contribution is 2.12. The van der Waals surface area contributed by atoms with Crippen LogP contribution in [-0.2, 0) is 16.1 Å². The summed E-state index contributed by atoms with van der Waals surface area (Å²) in [5.41, 5.74) is 3.84. The van der Waals surface area contributed by atoms with Gasteiger partial charge in [-0.25, -0.2) is 0 Å². The van der Waals surface area contributed by atoms with Crippen LogP contribution in [0.25, 0.3) is 0 Å². The van der Waals surface area contributed by atoms with Crippen molar-refractivity contribution in [3.8, 4) is 0 Å². The molecule has 0 N–H and O–H groups in total. The minimum Gasteiger partial charge on any atom is -0.468 e. The predicted molar refractivity (Wildman–Crippen MR) is 73.5 cm³/mol. The first-order valence-corrected chi connectivity index (χ1v) is 6.42. The summed E-state index contributed by atoms with van der Waals surface area (Å²) in [6.07, 6.45) is 1.03. The number of aryl methyl sites for hydroxylation is 2. The average molecular weight is 249 g/mol. The minimum atomic E-state index is -0.174. The molecule has 0 aliphatic carbocycles. The van der Waals surface area contributed by atoms with E-state index < -0.39 is 0 Å². The molecule has 100 valence electrons. The van der Waals surface area contributed by atoms with Crippen LogP contribution in [0.4, 0.5) is 0 Å². The number of hydrogen-bond donors (Lipinski definition) is 0. The van der Waals surface area contributed by atoms with Gasteiger partial charge in [-0.15, -0.1) is 0 Å². The molecular formula is C15H23NO2. The van der Waals surface area contributed by atoms with Crippen molar-refractivity contribution >= 4 is 5.97 Å². The molecule has 0 aliphatic heterocycles. The van der Waals surface area contributed by atoms with Crippen molar-refractivity contribution in [2.75, 3.05) is 20.2 Å². The highest BCUT2D eigenvalue weighted by atomic mass is 16.5. The highest BCUT2D eigenvalue weighted by molar-refractivity contribution is 5.71. The van der Waals surface area contributed by atoms with E-state index in [1.54, 1.807) is 0 Å². The van der Waals surface area contributed by atoms with Gasteiger partial charge in [-0.3, -0.25) is 9.69 Å². The van der Waals surface area contributed by atoms with Crippen LogP contribution in [0.5, 0.6) is 0 Å². The maximum Gasteiger partial charge on any atom is 0.319 e. The van der Waals surface area contributed by atoms with Crippen molar-refractivity contribution in [3.63, 3.8) is 0 Å². The molecule has 3 nitrogen and oxygen atoms in total. The molecule has 0 radical (unpaired) electrons. The maximum absolute atomic E-state index is 11.3. The molecule has 0 bridgehead atoms. The van der Waals surface area contributed by atoms with Crippen molar-refractivity contribution in [1.29, 1.82) is 0 Å². The fraction of sp³-hybridized carbons (Fsp3) is 0.533. The van der Waals surface area contributed by atoms with E-state index in [4.69, 9.17) is 4.74 Å². The highest BCUT2D eigenvalue weighted by Gasteiger charge is 2.10. The van der Waals surface area contributed by atoms with E-state index in [1.165, 1.54) is 23.8 Å². The van der Waals surface area contributed by atoms with Crippen molar-refractivity contribution in [2.45, 2.75) is 33.7 Å². The second-order valence-electron chi connectivity index (χ2n) is 4.71. The van der Waals surface area contributed by atoms with Crippen molar-refractivity contribution in [3.05, 3.63) is 34.9 Å². The number of hydrogen-bond acceptors (Lipinski definition) is 3. The number of ether oxygens (including phenoxy) is 1. The molecule has 0 aliphatic rings. The standard InChI is InChI=1S/C15H23NO2/c1-5-8-16(11-15(17)18-4)10-14-7-6-12(2)13(3)9-14/h6-7,9H,5,8,10-11H2,1-4H3. The first-order chi connectivity index (χ1) is 8.56. The van der Waals surface area contributed by atoms with Crippen LogP contribution >= 0.6 is 0 Å².